The molecule has 0 saturated carbocycles. The Hall–Kier alpha value is -2.18. The van der Waals surface area contributed by atoms with E-state index < -0.39 is 17.1 Å². The fraction of sp³-hybridized carbons (Fsp3) is 0.480. The van der Waals surface area contributed by atoms with E-state index in [2.05, 4.69) is 0 Å². The minimum Gasteiger partial charge on any atom is -0.611 e. The summed E-state index contributed by atoms with van der Waals surface area (Å²) < 4.78 is 17.7. The number of unbranched alkanes of at least 4 members (excludes halogenated alkanes) is 9. The van der Waals surface area contributed by atoms with Crippen molar-refractivity contribution in [3.05, 3.63) is 54.1 Å². The molecule has 0 saturated heterocycles. The summed E-state index contributed by atoms with van der Waals surface area (Å²) in [5.41, 5.74) is -0.116. The maximum atomic E-state index is 12.1. The molecule has 0 fully saturated rings. The first-order valence-corrected chi connectivity index (χ1v) is 12.5. The van der Waals surface area contributed by atoms with Gasteiger partial charge in [0.15, 0.2) is 4.90 Å². The first kappa shape index (κ1) is 25.1. The molecule has 2 N–H and O–H groups in total. The minimum atomic E-state index is -1.15. The Morgan fingerprint density at radius 3 is 2.00 bits per heavy atom. The lowest BCUT2D eigenvalue weighted by Crippen LogP contribution is -2.06. The van der Waals surface area contributed by atoms with Crippen LogP contribution in [0.25, 0.3) is 0 Å². The zero-order valence-electron chi connectivity index (χ0n) is 18.1. The van der Waals surface area contributed by atoms with Crippen LogP contribution in [0, 0.1) is 0 Å². The van der Waals surface area contributed by atoms with E-state index >= 15 is 0 Å². The Bertz CT molecular complexity index is 766. The molecule has 2 aromatic rings. The topological polar surface area (TPSA) is 89.8 Å². The lowest BCUT2D eigenvalue weighted by Gasteiger charge is -2.10. The number of carbonyl (C=O) groups is 1. The number of benzene rings is 2. The van der Waals surface area contributed by atoms with E-state index in [1.165, 1.54) is 50.7 Å². The summed E-state index contributed by atoms with van der Waals surface area (Å²) in [6.45, 7) is 0.566. The number of ether oxygens (including phenoxy) is 1. The number of aromatic carboxylic acids is 1. The van der Waals surface area contributed by atoms with Gasteiger partial charge in [0.05, 0.1) is 6.61 Å². The van der Waals surface area contributed by atoms with Crippen LogP contribution in [-0.2, 0) is 11.2 Å². The van der Waals surface area contributed by atoms with Crippen molar-refractivity contribution in [1.29, 1.82) is 0 Å². The van der Waals surface area contributed by atoms with Gasteiger partial charge in [0.1, 0.15) is 22.8 Å². The third-order valence-corrected chi connectivity index (χ3v) is 6.66. The highest BCUT2D eigenvalue weighted by molar-refractivity contribution is 7.91. The normalized spacial score (nSPS) is 11.9. The summed E-state index contributed by atoms with van der Waals surface area (Å²) in [7, 11) is 0. The third-order valence-electron chi connectivity index (χ3n) is 5.20. The number of phenols is 1. The van der Waals surface area contributed by atoms with E-state index in [9.17, 15) is 14.5 Å². The van der Waals surface area contributed by atoms with Crippen molar-refractivity contribution in [1.82, 2.24) is 0 Å². The maximum absolute atomic E-state index is 12.1. The number of hydrogen-bond donors (Lipinski definition) is 2. The van der Waals surface area contributed by atoms with Gasteiger partial charge >= 0.3 is 5.97 Å². The van der Waals surface area contributed by atoms with E-state index in [1.807, 2.05) is 30.3 Å². The van der Waals surface area contributed by atoms with Gasteiger partial charge in [-0.3, -0.25) is 0 Å². The summed E-state index contributed by atoms with van der Waals surface area (Å²) in [4.78, 5) is 11.8. The van der Waals surface area contributed by atoms with Crippen molar-refractivity contribution in [2.24, 2.45) is 0 Å². The predicted molar refractivity (Wildman–Crippen MR) is 124 cm³/mol. The molecule has 5 nitrogen and oxygen atoms in total. The third kappa shape index (κ3) is 10.1. The number of carboxylic acid groups (broad SMARTS) is 1. The SMILES string of the molecule is O=C(O)c1ccc(OCCCCCCCCCCCC[S+]([O-])c2ccccc2)cc1O. The van der Waals surface area contributed by atoms with Crippen LogP contribution in [0.5, 0.6) is 11.5 Å². The van der Waals surface area contributed by atoms with E-state index in [4.69, 9.17) is 9.84 Å². The molecule has 31 heavy (non-hydrogen) atoms. The van der Waals surface area contributed by atoms with Gasteiger partial charge in [-0.05, 0) is 54.7 Å². The van der Waals surface area contributed by atoms with Gasteiger partial charge in [-0.1, -0.05) is 63.1 Å². The van der Waals surface area contributed by atoms with Crippen LogP contribution in [0.3, 0.4) is 0 Å². The molecule has 1 unspecified atom stereocenters. The van der Waals surface area contributed by atoms with E-state index in [0.717, 1.165) is 36.3 Å². The monoisotopic (exact) mass is 446 g/mol. The van der Waals surface area contributed by atoms with Gasteiger partial charge < -0.3 is 19.5 Å². The molecule has 0 heterocycles. The van der Waals surface area contributed by atoms with Gasteiger partial charge in [0.2, 0.25) is 0 Å². The smallest absolute Gasteiger partial charge is 0.339 e. The van der Waals surface area contributed by atoms with Crippen molar-refractivity contribution in [3.63, 3.8) is 0 Å². The molecule has 2 rings (SSSR count). The van der Waals surface area contributed by atoms with Gasteiger partial charge in [-0.25, -0.2) is 4.79 Å². The average Bonchev–Trinajstić information content (AvgIpc) is 2.77. The fourth-order valence-electron chi connectivity index (χ4n) is 3.41. The minimum absolute atomic E-state index is 0.116. The molecule has 0 aromatic heterocycles. The molecule has 0 bridgehead atoms. The molecular weight excluding hydrogens is 412 g/mol. The van der Waals surface area contributed by atoms with Gasteiger partial charge in [-0.15, -0.1) is 0 Å². The summed E-state index contributed by atoms with van der Waals surface area (Å²) >= 11 is -0.861. The quantitative estimate of drug-likeness (QED) is 0.237. The first-order chi connectivity index (χ1) is 15.1. The molecule has 0 aliphatic carbocycles. The Labute approximate surface area is 188 Å². The average molecular weight is 447 g/mol. The van der Waals surface area contributed by atoms with Crippen LogP contribution in [0.15, 0.2) is 53.4 Å². The van der Waals surface area contributed by atoms with Crippen LogP contribution in [0.1, 0.15) is 74.6 Å². The second kappa shape index (κ2) is 14.8. The molecular formula is C25H34O5S. The molecule has 0 amide bonds. The van der Waals surface area contributed by atoms with E-state index in [1.54, 1.807) is 6.07 Å². The molecule has 2 aromatic carbocycles. The fourth-order valence-corrected chi connectivity index (χ4v) is 4.57. The Kier molecular flexibility index (Phi) is 11.9. The number of rotatable bonds is 16. The van der Waals surface area contributed by atoms with Crippen LogP contribution < -0.4 is 4.74 Å². The highest BCUT2D eigenvalue weighted by Crippen LogP contribution is 2.24. The summed E-state index contributed by atoms with van der Waals surface area (Å²) in [5, 5.41) is 18.5. The van der Waals surface area contributed by atoms with E-state index in [0.29, 0.717) is 12.4 Å². The zero-order chi connectivity index (χ0) is 22.3. The maximum Gasteiger partial charge on any atom is 0.339 e. The Morgan fingerprint density at radius 2 is 1.42 bits per heavy atom. The highest BCUT2D eigenvalue weighted by atomic mass is 32.2. The van der Waals surface area contributed by atoms with Crippen LogP contribution in [0.4, 0.5) is 0 Å². The zero-order valence-corrected chi connectivity index (χ0v) is 18.9. The van der Waals surface area contributed by atoms with Gasteiger partial charge in [0.25, 0.3) is 0 Å². The first-order valence-electron chi connectivity index (χ1n) is 11.2. The lowest BCUT2D eigenvalue weighted by atomic mass is 10.1. The second-order valence-corrected chi connectivity index (χ2v) is 9.30. The largest absolute Gasteiger partial charge is 0.611 e. The second-order valence-electron chi connectivity index (χ2n) is 7.73. The van der Waals surface area contributed by atoms with E-state index in [-0.39, 0.29) is 11.3 Å². The predicted octanol–water partition coefficient (Wildman–Crippen LogP) is 6.18. The number of carboxylic acids is 1. The van der Waals surface area contributed by atoms with Crippen LogP contribution in [-0.4, -0.2) is 33.1 Å². The van der Waals surface area contributed by atoms with Crippen LogP contribution >= 0.6 is 0 Å². The number of aromatic hydroxyl groups is 1. The van der Waals surface area contributed by atoms with Gasteiger partial charge in [0, 0.05) is 6.07 Å². The lowest BCUT2D eigenvalue weighted by molar-refractivity contribution is 0.0693. The summed E-state index contributed by atoms with van der Waals surface area (Å²) in [5.74, 6) is -0.164. The molecule has 0 aliphatic heterocycles. The van der Waals surface area contributed by atoms with Crippen molar-refractivity contribution in [2.45, 2.75) is 69.1 Å². The van der Waals surface area contributed by atoms with Crippen molar-refractivity contribution < 1.29 is 24.3 Å². The highest BCUT2D eigenvalue weighted by Gasteiger charge is 2.10. The summed E-state index contributed by atoms with van der Waals surface area (Å²) in [6, 6.07) is 14.0. The molecule has 0 radical (unpaired) electrons. The molecule has 6 heteroatoms. The van der Waals surface area contributed by atoms with Crippen molar-refractivity contribution in [3.8, 4) is 11.5 Å². The molecule has 1 atom stereocenters. The van der Waals surface area contributed by atoms with Crippen LogP contribution in [0.2, 0.25) is 0 Å². The Morgan fingerprint density at radius 1 is 0.839 bits per heavy atom. The van der Waals surface area contributed by atoms with Gasteiger partial charge in [-0.2, -0.15) is 0 Å². The summed E-state index contributed by atoms with van der Waals surface area (Å²) in [6.07, 6.45) is 11.6. The molecule has 0 spiro atoms. The molecule has 0 aliphatic rings. The Balaban J connectivity index is 1.38. The molecule has 170 valence electrons. The van der Waals surface area contributed by atoms with Crippen molar-refractivity contribution >= 4 is 17.1 Å². The standard InChI is InChI=1S/C25H34O5S/c26-24-20-21(16-17-23(24)25(27)28)30-18-12-7-5-3-1-2-4-6-8-13-19-31(29)22-14-10-9-11-15-22/h9-11,14-17,20,26H,1-8,12-13,18-19H2,(H,27,28). The number of hydrogen-bond acceptors (Lipinski definition) is 4. The van der Waals surface area contributed by atoms with Crippen molar-refractivity contribution in [2.75, 3.05) is 12.4 Å².